The van der Waals surface area contributed by atoms with Gasteiger partial charge in [-0.25, -0.2) is 4.39 Å². The van der Waals surface area contributed by atoms with Crippen LogP contribution in [0.25, 0.3) is 0 Å². The smallest absolute Gasteiger partial charge is 0.274 e. The SMILES string of the molecule is CCCN(C)c1cc(F)cc([N+](=O)[O-])c1. The lowest BCUT2D eigenvalue weighted by atomic mass is 10.2. The summed E-state index contributed by atoms with van der Waals surface area (Å²) < 4.78 is 13.1. The Kier molecular flexibility index (Phi) is 3.60. The van der Waals surface area contributed by atoms with E-state index in [0.717, 1.165) is 19.0 Å². The number of nitro groups is 1. The van der Waals surface area contributed by atoms with Crippen LogP contribution in [0.2, 0.25) is 0 Å². The summed E-state index contributed by atoms with van der Waals surface area (Å²) in [6.45, 7) is 2.73. The van der Waals surface area contributed by atoms with Crippen LogP contribution in [0.5, 0.6) is 0 Å². The van der Waals surface area contributed by atoms with Crippen LogP contribution in [0.4, 0.5) is 15.8 Å². The van der Waals surface area contributed by atoms with Crippen molar-refractivity contribution >= 4 is 11.4 Å². The number of nitrogens with zero attached hydrogens (tertiary/aromatic N) is 2. The molecule has 15 heavy (non-hydrogen) atoms. The Hall–Kier alpha value is -1.65. The van der Waals surface area contributed by atoms with Crippen molar-refractivity contribution in [2.45, 2.75) is 13.3 Å². The molecule has 0 saturated carbocycles. The van der Waals surface area contributed by atoms with Gasteiger partial charge in [0.25, 0.3) is 5.69 Å². The van der Waals surface area contributed by atoms with Gasteiger partial charge >= 0.3 is 0 Å². The van der Waals surface area contributed by atoms with E-state index < -0.39 is 10.7 Å². The first kappa shape index (κ1) is 11.4. The van der Waals surface area contributed by atoms with Crippen LogP contribution in [0.1, 0.15) is 13.3 Å². The highest BCUT2D eigenvalue weighted by Crippen LogP contribution is 2.22. The molecule has 0 heterocycles. The molecule has 1 aromatic carbocycles. The van der Waals surface area contributed by atoms with Crippen molar-refractivity contribution in [2.24, 2.45) is 0 Å². The Morgan fingerprint density at radius 1 is 1.47 bits per heavy atom. The predicted molar refractivity (Wildman–Crippen MR) is 56.6 cm³/mol. The van der Waals surface area contributed by atoms with Gasteiger partial charge in [-0.1, -0.05) is 6.92 Å². The molecule has 0 aliphatic rings. The summed E-state index contributed by atoms with van der Waals surface area (Å²) in [5, 5.41) is 10.5. The highest BCUT2D eigenvalue weighted by atomic mass is 19.1. The molecule has 0 spiro atoms. The highest BCUT2D eigenvalue weighted by Gasteiger charge is 2.11. The lowest BCUT2D eigenvalue weighted by Crippen LogP contribution is -2.17. The summed E-state index contributed by atoms with van der Waals surface area (Å²) >= 11 is 0. The molecule has 0 radical (unpaired) electrons. The average molecular weight is 212 g/mol. The molecule has 0 bridgehead atoms. The van der Waals surface area contributed by atoms with Crippen molar-refractivity contribution in [3.05, 3.63) is 34.1 Å². The second kappa shape index (κ2) is 4.72. The van der Waals surface area contributed by atoms with Gasteiger partial charge in [0.05, 0.1) is 11.0 Å². The van der Waals surface area contributed by atoms with Crippen molar-refractivity contribution in [1.29, 1.82) is 0 Å². The van der Waals surface area contributed by atoms with E-state index in [1.165, 1.54) is 12.1 Å². The molecule has 0 aliphatic carbocycles. The Morgan fingerprint density at radius 3 is 2.67 bits per heavy atom. The number of nitro benzene ring substituents is 1. The molecule has 0 aromatic heterocycles. The number of anilines is 1. The van der Waals surface area contributed by atoms with Crippen molar-refractivity contribution in [3.63, 3.8) is 0 Å². The molecule has 0 atom stereocenters. The number of non-ortho nitro benzene ring substituents is 1. The van der Waals surface area contributed by atoms with Gasteiger partial charge < -0.3 is 4.90 Å². The fourth-order valence-electron chi connectivity index (χ4n) is 1.35. The van der Waals surface area contributed by atoms with Gasteiger partial charge in [-0.2, -0.15) is 0 Å². The predicted octanol–water partition coefficient (Wildman–Crippen LogP) is 2.58. The average Bonchev–Trinajstić information content (AvgIpc) is 2.17. The Morgan fingerprint density at radius 2 is 2.13 bits per heavy atom. The van der Waals surface area contributed by atoms with Crippen LogP contribution in [-0.2, 0) is 0 Å². The van der Waals surface area contributed by atoms with Crippen molar-refractivity contribution in [2.75, 3.05) is 18.5 Å². The molecule has 82 valence electrons. The van der Waals surface area contributed by atoms with E-state index in [1.54, 1.807) is 11.9 Å². The maximum atomic E-state index is 13.1. The molecule has 1 rings (SSSR count). The first-order chi connectivity index (χ1) is 7.04. The quantitative estimate of drug-likeness (QED) is 0.569. The maximum Gasteiger partial charge on any atom is 0.274 e. The summed E-state index contributed by atoms with van der Waals surface area (Å²) in [5.41, 5.74) is 0.316. The third-order valence-electron chi connectivity index (χ3n) is 2.08. The summed E-state index contributed by atoms with van der Waals surface area (Å²) in [6.07, 6.45) is 0.904. The minimum Gasteiger partial charge on any atom is -0.374 e. The minimum atomic E-state index is -0.591. The topological polar surface area (TPSA) is 46.4 Å². The summed E-state index contributed by atoms with van der Waals surface area (Å²) in [7, 11) is 1.78. The maximum absolute atomic E-state index is 13.1. The Bertz CT molecular complexity index is 368. The lowest BCUT2D eigenvalue weighted by molar-refractivity contribution is -0.385. The summed E-state index contributed by atoms with van der Waals surface area (Å²) in [5.74, 6) is -0.581. The minimum absolute atomic E-state index is 0.215. The van der Waals surface area contributed by atoms with Crippen LogP contribution < -0.4 is 4.90 Å². The van der Waals surface area contributed by atoms with E-state index in [0.29, 0.717) is 5.69 Å². The molecule has 4 nitrogen and oxygen atoms in total. The summed E-state index contributed by atoms with van der Waals surface area (Å²) in [6, 6.07) is 3.59. The third kappa shape index (κ3) is 2.90. The second-order valence-corrected chi connectivity index (χ2v) is 3.35. The van der Waals surface area contributed by atoms with Crippen molar-refractivity contribution < 1.29 is 9.31 Å². The first-order valence-corrected chi connectivity index (χ1v) is 4.70. The fourth-order valence-corrected chi connectivity index (χ4v) is 1.35. The fraction of sp³-hybridized carbons (Fsp3) is 0.400. The third-order valence-corrected chi connectivity index (χ3v) is 2.08. The zero-order valence-corrected chi connectivity index (χ0v) is 8.74. The van der Waals surface area contributed by atoms with Crippen LogP contribution in [-0.4, -0.2) is 18.5 Å². The van der Waals surface area contributed by atoms with Crippen LogP contribution in [0.3, 0.4) is 0 Å². The Balaban J connectivity index is 3.03. The largest absolute Gasteiger partial charge is 0.374 e. The second-order valence-electron chi connectivity index (χ2n) is 3.35. The number of rotatable bonds is 4. The van der Waals surface area contributed by atoms with E-state index in [4.69, 9.17) is 0 Å². The van der Waals surface area contributed by atoms with E-state index in [2.05, 4.69) is 0 Å². The van der Waals surface area contributed by atoms with Gasteiger partial charge in [-0.05, 0) is 12.5 Å². The van der Waals surface area contributed by atoms with Crippen molar-refractivity contribution in [3.8, 4) is 0 Å². The molecule has 1 aromatic rings. The number of halogens is 1. The molecule has 5 heteroatoms. The van der Waals surface area contributed by atoms with Gasteiger partial charge in [-0.3, -0.25) is 10.1 Å². The van der Waals surface area contributed by atoms with Gasteiger partial charge in [0, 0.05) is 25.3 Å². The highest BCUT2D eigenvalue weighted by molar-refractivity contribution is 5.53. The molecule has 0 amide bonds. The lowest BCUT2D eigenvalue weighted by Gasteiger charge is -2.17. The van der Waals surface area contributed by atoms with Crippen LogP contribution in [0, 0.1) is 15.9 Å². The molecule has 0 N–H and O–H groups in total. The molecule has 0 saturated heterocycles. The van der Waals surface area contributed by atoms with Gasteiger partial charge in [-0.15, -0.1) is 0 Å². The van der Waals surface area contributed by atoms with Crippen LogP contribution in [0.15, 0.2) is 18.2 Å². The number of hydrogen-bond donors (Lipinski definition) is 0. The number of benzene rings is 1. The van der Waals surface area contributed by atoms with E-state index in [-0.39, 0.29) is 5.69 Å². The normalized spacial score (nSPS) is 10.1. The standard InChI is InChI=1S/C10H13FN2O2/c1-3-4-12(2)9-5-8(11)6-10(7-9)13(14)15/h5-7H,3-4H2,1-2H3. The monoisotopic (exact) mass is 212 g/mol. The molecule has 0 unspecified atom stereocenters. The summed E-state index contributed by atoms with van der Waals surface area (Å²) in [4.78, 5) is 11.7. The molecule has 0 aliphatic heterocycles. The molecular weight excluding hydrogens is 199 g/mol. The van der Waals surface area contributed by atoms with Gasteiger partial charge in [0.2, 0.25) is 0 Å². The van der Waals surface area contributed by atoms with Gasteiger partial charge in [0.1, 0.15) is 5.82 Å². The van der Waals surface area contributed by atoms with E-state index in [1.807, 2.05) is 6.92 Å². The Labute approximate surface area is 87.5 Å². The first-order valence-electron chi connectivity index (χ1n) is 4.70. The number of hydrogen-bond acceptors (Lipinski definition) is 3. The van der Waals surface area contributed by atoms with E-state index >= 15 is 0 Å². The van der Waals surface area contributed by atoms with Crippen molar-refractivity contribution in [1.82, 2.24) is 0 Å². The molecular formula is C10H13FN2O2. The van der Waals surface area contributed by atoms with Gasteiger partial charge in [0.15, 0.2) is 0 Å². The van der Waals surface area contributed by atoms with E-state index in [9.17, 15) is 14.5 Å². The zero-order chi connectivity index (χ0) is 11.4. The van der Waals surface area contributed by atoms with Crippen LogP contribution >= 0.6 is 0 Å². The zero-order valence-electron chi connectivity index (χ0n) is 8.74. The molecule has 0 fully saturated rings.